The van der Waals surface area contributed by atoms with E-state index >= 15 is 0 Å². The molecular weight excluding hydrogens is 405 g/mol. The van der Waals surface area contributed by atoms with Crippen LogP contribution in [0.15, 0.2) is 48.5 Å². The summed E-state index contributed by atoms with van der Waals surface area (Å²) in [5.41, 5.74) is 1.90. The lowest BCUT2D eigenvalue weighted by molar-refractivity contribution is -0.137. The molecule has 1 amide bonds. The minimum Gasteiger partial charge on any atom is -0.353 e. The third-order valence-electron chi connectivity index (χ3n) is 5.64. The average molecular weight is 430 g/mol. The number of benzene rings is 2. The molecule has 1 aliphatic rings. The van der Waals surface area contributed by atoms with Crippen LogP contribution < -0.4 is 5.32 Å². The normalized spacial score (nSPS) is 16.0. The van der Waals surface area contributed by atoms with Crippen molar-refractivity contribution in [1.29, 1.82) is 0 Å². The maximum atomic E-state index is 12.9. The summed E-state index contributed by atoms with van der Waals surface area (Å²) in [6.07, 6.45) is -1.83. The second kappa shape index (κ2) is 9.09. The van der Waals surface area contributed by atoms with Crippen molar-refractivity contribution in [3.05, 3.63) is 65.5 Å². The highest BCUT2D eigenvalue weighted by molar-refractivity contribution is 5.77. The van der Waals surface area contributed by atoms with Crippen molar-refractivity contribution in [2.75, 3.05) is 13.1 Å². The number of fused-ring (bicyclic) bond motifs is 1. The number of nitrogens with zero attached hydrogens (tertiary/aromatic N) is 2. The van der Waals surface area contributed by atoms with Gasteiger partial charge in [0.15, 0.2) is 0 Å². The molecule has 0 spiro atoms. The van der Waals surface area contributed by atoms with Crippen LogP contribution in [0, 0.1) is 0 Å². The van der Waals surface area contributed by atoms with Crippen molar-refractivity contribution in [3.63, 3.8) is 0 Å². The lowest BCUT2D eigenvalue weighted by Crippen LogP contribution is -2.44. The number of rotatable bonds is 6. The molecule has 164 valence electrons. The Bertz CT molecular complexity index is 1010. The molecule has 0 radical (unpaired) electrons. The number of carbonyl (C=O) groups excluding carboxylic acids is 1. The van der Waals surface area contributed by atoms with Crippen LogP contribution in [0.5, 0.6) is 0 Å². The Balaban J connectivity index is 1.21. The number of aromatic nitrogens is 2. The fourth-order valence-electron chi connectivity index (χ4n) is 4.00. The van der Waals surface area contributed by atoms with Crippen molar-refractivity contribution in [2.45, 2.75) is 44.4 Å². The van der Waals surface area contributed by atoms with E-state index in [-0.39, 0.29) is 11.9 Å². The number of halogens is 3. The molecule has 8 heteroatoms. The van der Waals surface area contributed by atoms with Gasteiger partial charge in [-0.3, -0.25) is 9.69 Å². The quantitative estimate of drug-likeness (QED) is 0.613. The van der Waals surface area contributed by atoms with Gasteiger partial charge in [-0.2, -0.15) is 13.2 Å². The molecule has 0 bridgehead atoms. The molecule has 31 heavy (non-hydrogen) atoms. The average Bonchev–Trinajstić information content (AvgIpc) is 3.16. The first-order valence-electron chi connectivity index (χ1n) is 10.5. The third kappa shape index (κ3) is 5.64. The van der Waals surface area contributed by atoms with E-state index in [0.717, 1.165) is 48.9 Å². The number of likely N-dealkylation sites (tertiary alicyclic amines) is 1. The molecule has 5 nitrogen and oxygen atoms in total. The van der Waals surface area contributed by atoms with Gasteiger partial charge >= 0.3 is 6.18 Å². The second-order valence-electron chi connectivity index (χ2n) is 8.02. The van der Waals surface area contributed by atoms with E-state index in [2.05, 4.69) is 20.2 Å². The van der Waals surface area contributed by atoms with E-state index in [1.807, 2.05) is 24.3 Å². The largest absolute Gasteiger partial charge is 0.416 e. The number of imidazole rings is 1. The van der Waals surface area contributed by atoms with Crippen molar-refractivity contribution in [2.24, 2.45) is 0 Å². The molecule has 0 aliphatic carbocycles. The van der Waals surface area contributed by atoms with E-state index in [1.54, 1.807) is 6.07 Å². The van der Waals surface area contributed by atoms with Gasteiger partial charge in [0.25, 0.3) is 0 Å². The Hall–Kier alpha value is -2.87. The fourth-order valence-corrected chi connectivity index (χ4v) is 4.00. The monoisotopic (exact) mass is 430 g/mol. The summed E-state index contributed by atoms with van der Waals surface area (Å²) in [5.74, 6) is 0.795. The molecule has 4 rings (SSSR count). The smallest absolute Gasteiger partial charge is 0.353 e. The molecular formula is C23H25F3N4O. The number of aromatic amines is 1. The van der Waals surface area contributed by atoms with Crippen LogP contribution in [-0.2, 0) is 23.9 Å². The molecule has 0 unspecified atom stereocenters. The predicted molar refractivity (Wildman–Crippen MR) is 112 cm³/mol. The van der Waals surface area contributed by atoms with Crippen LogP contribution in [0.3, 0.4) is 0 Å². The van der Waals surface area contributed by atoms with Gasteiger partial charge in [0.2, 0.25) is 5.91 Å². The van der Waals surface area contributed by atoms with Gasteiger partial charge in [-0.1, -0.05) is 30.3 Å². The van der Waals surface area contributed by atoms with Crippen LogP contribution in [0.2, 0.25) is 0 Å². The minimum absolute atomic E-state index is 0.00298. The summed E-state index contributed by atoms with van der Waals surface area (Å²) in [5, 5.41) is 3.08. The number of nitrogens with one attached hydrogen (secondary N) is 2. The Morgan fingerprint density at radius 2 is 1.90 bits per heavy atom. The maximum Gasteiger partial charge on any atom is 0.416 e. The summed E-state index contributed by atoms with van der Waals surface area (Å²) in [7, 11) is 0. The molecule has 1 fully saturated rings. The number of H-pyrrole nitrogens is 1. The fraction of sp³-hybridized carbons (Fsp3) is 0.391. The zero-order valence-corrected chi connectivity index (χ0v) is 17.1. The Labute approximate surface area is 178 Å². The number of carbonyl (C=O) groups is 1. The van der Waals surface area contributed by atoms with E-state index in [4.69, 9.17) is 0 Å². The molecule has 2 heterocycles. The number of aryl methyl sites for hydroxylation is 1. The van der Waals surface area contributed by atoms with Gasteiger partial charge in [0, 0.05) is 38.5 Å². The van der Waals surface area contributed by atoms with Crippen LogP contribution in [0.25, 0.3) is 11.0 Å². The number of piperidine rings is 1. The van der Waals surface area contributed by atoms with Crippen LogP contribution in [-0.4, -0.2) is 39.9 Å². The van der Waals surface area contributed by atoms with Gasteiger partial charge in [0.05, 0.1) is 16.6 Å². The highest BCUT2D eigenvalue weighted by atomic mass is 19.4. The Morgan fingerprint density at radius 3 is 2.65 bits per heavy atom. The predicted octanol–water partition coefficient (Wildman–Crippen LogP) is 4.30. The number of hydrogen-bond acceptors (Lipinski definition) is 3. The Morgan fingerprint density at radius 1 is 1.13 bits per heavy atom. The van der Waals surface area contributed by atoms with Crippen LogP contribution in [0.4, 0.5) is 13.2 Å². The van der Waals surface area contributed by atoms with E-state index in [9.17, 15) is 18.0 Å². The molecule has 1 aromatic heterocycles. The number of alkyl halides is 3. The molecule has 1 aliphatic heterocycles. The summed E-state index contributed by atoms with van der Waals surface area (Å²) in [4.78, 5) is 22.2. The number of para-hydroxylation sites is 2. The van der Waals surface area contributed by atoms with Crippen molar-refractivity contribution in [3.8, 4) is 0 Å². The van der Waals surface area contributed by atoms with Crippen molar-refractivity contribution >= 4 is 16.9 Å². The molecule has 2 N–H and O–H groups in total. The summed E-state index contributed by atoms with van der Waals surface area (Å²) in [6, 6.07) is 13.3. The zero-order valence-electron chi connectivity index (χ0n) is 17.1. The van der Waals surface area contributed by atoms with Crippen LogP contribution in [0.1, 0.15) is 36.2 Å². The van der Waals surface area contributed by atoms with Gasteiger partial charge in [-0.15, -0.1) is 0 Å². The topological polar surface area (TPSA) is 61.0 Å². The number of hydrogen-bond donors (Lipinski definition) is 2. The highest BCUT2D eigenvalue weighted by Crippen LogP contribution is 2.30. The van der Waals surface area contributed by atoms with E-state index in [0.29, 0.717) is 24.9 Å². The second-order valence-corrected chi connectivity index (χ2v) is 8.02. The molecule has 2 aromatic carbocycles. The van der Waals surface area contributed by atoms with Crippen molar-refractivity contribution in [1.82, 2.24) is 20.2 Å². The summed E-state index contributed by atoms with van der Waals surface area (Å²) < 4.78 is 38.7. The molecule has 0 saturated carbocycles. The lowest BCUT2D eigenvalue weighted by atomic mass is 10.0. The first-order chi connectivity index (χ1) is 14.9. The SMILES string of the molecule is O=C(CCc1nc2ccccc2[nH]1)NC1CCN(Cc2cccc(C(F)(F)F)c2)CC1. The van der Waals surface area contributed by atoms with Gasteiger partial charge in [-0.05, 0) is 36.6 Å². The summed E-state index contributed by atoms with van der Waals surface area (Å²) in [6.45, 7) is 1.96. The van der Waals surface area contributed by atoms with Gasteiger partial charge in [0.1, 0.15) is 5.82 Å². The standard InChI is InChI=1S/C23H25F3N4O/c24-23(25,26)17-5-3-4-16(14-17)15-30-12-10-18(11-13-30)27-22(31)9-8-21-28-19-6-1-2-7-20(19)29-21/h1-7,14,18H,8-13,15H2,(H,27,31)(H,28,29). The van der Waals surface area contributed by atoms with E-state index < -0.39 is 11.7 Å². The highest BCUT2D eigenvalue weighted by Gasteiger charge is 2.30. The van der Waals surface area contributed by atoms with E-state index in [1.165, 1.54) is 12.1 Å². The minimum atomic E-state index is -4.32. The molecule has 3 aromatic rings. The first-order valence-corrected chi connectivity index (χ1v) is 10.5. The zero-order chi connectivity index (χ0) is 21.8. The maximum absolute atomic E-state index is 12.9. The molecule has 1 saturated heterocycles. The first kappa shape index (κ1) is 21.4. The summed E-state index contributed by atoms with van der Waals surface area (Å²) >= 11 is 0. The third-order valence-corrected chi connectivity index (χ3v) is 5.64. The number of amides is 1. The Kier molecular flexibility index (Phi) is 6.27. The van der Waals surface area contributed by atoms with Gasteiger partial charge < -0.3 is 10.3 Å². The van der Waals surface area contributed by atoms with Crippen LogP contribution >= 0.6 is 0 Å². The van der Waals surface area contributed by atoms with Gasteiger partial charge in [-0.25, -0.2) is 4.98 Å². The molecule has 0 atom stereocenters. The van der Waals surface area contributed by atoms with Crippen molar-refractivity contribution < 1.29 is 18.0 Å². The lowest BCUT2D eigenvalue weighted by Gasteiger charge is -2.32.